The van der Waals surface area contributed by atoms with Gasteiger partial charge in [-0.25, -0.2) is 0 Å². The van der Waals surface area contributed by atoms with Crippen molar-refractivity contribution in [3.05, 3.63) is 11.8 Å². The van der Waals surface area contributed by atoms with Gasteiger partial charge in [-0.1, -0.05) is 19.0 Å². The largest absolute Gasteiger partial charge is 0.391 e. The molecule has 100 valence electrons. The number of nitrogens with one attached hydrogen (secondary N) is 2. The van der Waals surface area contributed by atoms with Crippen LogP contribution in [-0.2, 0) is 9.59 Å². The van der Waals surface area contributed by atoms with Gasteiger partial charge in [0.2, 0.25) is 6.41 Å². The van der Waals surface area contributed by atoms with Gasteiger partial charge in [-0.15, -0.1) is 0 Å². The van der Waals surface area contributed by atoms with E-state index in [4.69, 9.17) is 4.52 Å². The summed E-state index contributed by atoms with van der Waals surface area (Å²) in [5.41, 5.74) is 0. The van der Waals surface area contributed by atoms with Crippen LogP contribution in [0.2, 0.25) is 0 Å². The highest BCUT2D eigenvalue weighted by Gasteiger charge is 2.24. The molecule has 0 spiro atoms. The van der Waals surface area contributed by atoms with Gasteiger partial charge in [0.15, 0.2) is 5.82 Å². The minimum absolute atomic E-state index is 0.156. The number of aliphatic hydroxyl groups excluding tert-OH is 1. The molecule has 3 N–H and O–H groups in total. The first kappa shape index (κ1) is 14.2. The maximum atomic E-state index is 11.7. The van der Waals surface area contributed by atoms with E-state index in [1.54, 1.807) is 6.07 Å². The van der Waals surface area contributed by atoms with Crippen molar-refractivity contribution in [2.24, 2.45) is 0 Å². The fourth-order valence-corrected chi connectivity index (χ4v) is 1.33. The lowest BCUT2D eigenvalue weighted by Crippen LogP contribution is -2.47. The highest BCUT2D eigenvalue weighted by molar-refractivity contribution is 5.95. The van der Waals surface area contributed by atoms with Crippen LogP contribution in [0.3, 0.4) is 0 Å². The van der Waals surface area contributed by atoms with Crippen LogP contribution in [0.5, 0.6) is 0 Å². The average Bonchev–Trinajstić information content (AvgIpc) is 2.73. The fraction of sp³-hybridized carbons (Fsp3) is 0.545. The second-order valence-electron chi connectivity index (χ2n) is 4.26. The number of amides is 2. The van der Waals surface area contributed by atoms with E-state index in [0.29, 0.717) is 12.2 Å². The monoisotopic (exact) mass is 255 g/mol. The number of aromatic nitrogens is 1. The van der Waals surface area contributed by atoms with Gasteiger partial charge in [0.05, 0.1) is 6.10 Å². The minimum atomic E-state index is -1.03. The van der Waals surface area contributed by atoms with Gasteiger partial charge >= 0.3 is 0 Å². The van der Waals surface area contributed by atoms with Crippen LogP contribution >= 0.6 is 0 Å². The van der Waals surface area contributed by atoms with Gasteiger partial charge in [0.25, 0.3) is 5.91 Å². The van der Waals surface area contributed by atoms with Crippen molar-refractivity contribution in [2.75, 3.05) is 5.32 Å². The average molecular weight is 255 g/mol. The number of aliphatic hydroxyl groups is 1. The Bertz CT molecular complexity index is 414. The van der Waals surface area contributed by atoms with Crippen LogP contribution in [0.15, 0.2) is 10.6 Å². The summed E-state index contributed by atoms with van der Waals surface area (Å²) in [5.74, 6) is 0.494. The first-order valence-electron chi connectivity index (χ1n) is 5.61. The zero-order valence-electron chi connectivity index (χ0n) is 10.5. The molecule has 7 nitrogen and oxygen atoms in total. The molecule has 1 aromatic rings. The molecule has 18 heavy (non-hydrogen) atoms. The second-order valence-corrected chi connectivity index (χ2v) is 4.26. The molecule has 0 saturated carbocycles. The first-order valence-corrected chi connectivity index (χ1v) is 5.61. The fourth-order valence-electron chi connectivity index (χ4n) is 1.33. The van der Waals surface area contributed by atoms with Crippen LogP contribution in [0.4, 0.5) is 5.82 Å². The molecule has 0 radical (unpaired) electrons. The molecule has 7 heteroatoms. The molecular formula is C11H17N3O4. The van der Waals surface area contributed by atoms with Crippen LogP contribution in [0, 0.1) is 0 Å². The van der Waals surface area contributed by atoms with Gasteiger partial charge < -0.3 is 20.3 Å². The lowest BCUT2D eigenvalue weighted by Gasteiger charge is -2.17. The highest BCUT2D eigenvalue weighted by atomic mass is 16.5. The third-order valence-corrected chi connectivity index (χ3v) is 2.36. The standard InChI is InChI=1S/C11H17N3O4/c1-6(2)8-4-9(14-18-8)13-11(17)10(7(3)16)12-5-15/h4-7,10,16H,1-3H3,(H,12,15)(H,13,14,17). The molecule has 0 aliphatic heterocycles. The summed E-state index contributed by atoms with van der Waals surface area (Å²) >= 11 is 0. The Hall–Kier alpha value is -1.89. The summed E-state index contributed by atoms with van der Waals surface area (Å²) in [5, 5.41) is 17.7. The Morgan fingerprint density at radius 1 is 1.50 bits per heavy atom. The molecule has 0 fully saturated rings. The quantitative estimate of drug-likeness (QED) is 0.631. The molecule has 2 amide bonds. The van der Waals surface area contributed by atoms with Gasteiger partial charge in [-0.2, -0.15) is 0 Å². The highest BCUT2D eigenvalue weighted by Crippen LogP contribution is 2.17. The van der Waals surface area contributed by atoms with E-state index in [9.17, 15) is 14.7 Å². The minimum Gasteiger partial charge on any atom is -0.391 e. The summed E-state index contributed by atoms with van der Waals surface area (Å²) in [4.78, 5) is 22.1. The predicted octanol–water partition coefficient (Wildman–Crippen LogP) is 0.232. The molecule has 2 atom stereocenters. The summed E-state index contributed by atoms with van der Waals surface area (Å²) < 4.78 is 5.01. The molecular weight excluding hydrogens is 238 g/mol. The number of nitrogens with zero attached hydrogens (tertiary/aromatic N) is 1. The third-order valence-electron chi connectivity index (χ3n) is 2.36. The van der Waals surface area contributed by atoms with E-state index in [-0.39, 0.29) is 11.7 Å². The Balaban J connectivity index is 2.69. The van der Waals surface area contributed by atoms with E-state index in [2.05, 4.69) is 15.8 Å². The van der Waals surface area contributed by atoms with Crippen LogP contribution in [-0.4, -0.2) is 34.7 Å². The molecule has 1 heterocycles. The number of carbonyl (C=O) groups is 2. The summed E-state index contributed by atoms with van der Waals surface area (Å²) in [7, 11) is 0. The van der Waals surface area contributed by atoms with Crippen molar-refractivity contribution >= 4 is 18.1 Å². The number of carbonyl (C=O) groups excluding carboxylic acids is 2. The second kappa shape index (κ2) is 6.15. The van der Waals surface area contributed by atoms with Crippen molar-refractivity contribution in [3.63, 3.8) is 0 Å². The topological polar surface area (TPSA) is 104 Å². The molecule has 0 bridgehead atoms. The van der Waals surface area contributed by atoms with Crippen LogP contribution in [0.1, 0.15) is 32.4 Å². The molecule has 1 aromatic heterocycles. The summed E-state index contributed by atoms with van der Waals surface area (Å²) in [6, 6.07) is 0.574. The summed E-state index contributed by atoms with van der Waals surface area (Å²) in [6.07, 6.45) is -0.647. The SMILES string of the molecule is CC(C)c1cc(NC(=O)C(NC=O)C(C)O)no1. The van der Waals surface area contributed by atoms with E-state index < -0.39 is 18.1 Å². The van der Waals surface area contributed by atoms with Crippen molar-refractivity contribution in [1.29, 1.82) is 0 Å². The Labute approximate surface area is 105 Å². The molecule has 0 aliphatic rings. The van der Waals surface area contributed by atoms with Crippen molar-refractivity contribution < 1.29 is 19.2 Å². The maximum absolute atomic E-state index is 11.7. The summed E-state index contributed by atoms with van der Waals surface area (Å²) in [6.45, 7) is 5.26. The number of hydrogen-bond donors (Lipinski definition) is 3. The molecule has 0 aromatic carbocycles. The van der Waals surface area contributed by atoms with Gasteiger partial charge in [-0.05, 0) is 6.92 Å². The number of rotatable bonds is 6. The number of anilines is 1. The van der Waals surface area contributed by atoms with Gasteiger partial charge in [-0.3, -0.25) is 9.59 Å². The first-order chi connectivity index (χ1) is 8.45. The third kappa shape index (κ3) is 3.56. The molecule has 0 saturated heterocycles. The molecule has 0 aliphatic carbocycles. The Morgan fingerprint density at radius 2 is 2.17 bits per heavy atom. The zero-order valence-corrected chi connectivity index (χ0v) is 10.5. The van der Waals surface area contributed by atoms with E-state index in [1.807, 2.05) is 13.8 Å². The van der Waals surface area contributed by atoms with Crippen molar-refractivity contribution in [1.82, 2.24) is 10.5 Å². The molecule has 2 unspecified atom stereocenters. The normalized spacial score (nSPS) is 14.1. The predicted molar refractivity (Wildman–Crippen MR) is 63.9 cm³/mol. The van der Waals surface area contributed by atoms with E-state index in [1.165, 1.54) is 6.92 Å². The lowest BCUT2D eigenvalue weighted by molar-refractivity contribution is -0.123. The maximum Gasteiger partial charge on any atom is 0.250 e. The van der Waals surface area contributed by atoms with E-state index >= 15 is 0 Å². The molecule has 1 rings (SSSR count). The van der Waals surface area contributed by atoms with Crippen LogP contribution < -0.4 is 10.6 Å². The zero-order chi connectivity index (χ0) is 13.7. The van der Waals surface area contributed by atoms with Gasteiger partial charge in [0.1, 0.15) is 11.8 Å². The smallest absolute Gasteiger partial charge is 0.250 e. The Kier molecular flexibility index (Phi) is 4.85. The van der Waals surface area contributed by atoms with Crippen molar-refractivity contribution in [3.8, 4) is 0 Å². The lowest BCUT2D eigenvalue weighted by atomic mass is 10.1. The Morgan fingerprint density at radius 3 is 2.61 bits per heavy atom. The van der Waals surface area contributed by atoms with Crippen molar-refractivity contribution in [2.45, 2.75) is 38.8 Å². The van der Waals surface area contributed by atoms with Gasteiger partial charge in [0, 0.05) is 12.0 Å². The number of hydrogen-bond acceptors (Lipinski definition) is 5. The van der Waals surface area contributed by atoms with E-state index in [0.717, 1.165) is 0 Å². The van der Waals surface area contributed by atoms with Crippen LogP contribution in [0.25, 0.3) is 0 Å².